The number of alkyl halides is 1. The van der Waals surface area contributed by atoms with E-state index in [1.807, 2.05) is 0 Å². The molecule has 1 aromatic carbocycles. The maximum absolute atomic E-state index is 5.75. The molecule has 2 unspecified atom stereocenters. The van der Waals surface area contributed by atoms with Crippen molar-refractivity contribution in [2.24, 2.45) is 0 Å². The van der Waals surface area contributed by atoms with Gasteiger partial charge in [0, 0.05) is 16.5 Å². The van der Waals surface area contributed by atoms with Crippen molar-refractivity contribution in [2.45, 2.75) is 17.4 Å². The summed E-state index contributed by atoms with van der Waals surface area (Å²) in [6.45, 7) is 2.73. The molecule has 0 radical (unpaired) electrons. The van der Waals surface area contributed by atoms with Crippen molar-refractivity contribution in [3.63, 3.8) is 0 Å². The second kappa shape index (κ2) is 5.49. The molecule has 2 aliphatic heterocycles. The number of fused-ring (bicyclic) bond motifs is 1. The van der Waals surface area contributed by atoms with Crippen molar-refractivity contribution < 1.29 is 14.2 Å². The topological polar surface area (TPSA) is 27.7 Å². The summed E-state index contributed by atoms with van der Waals surface area (Å²) in [6.07, 6.45) is 1.02. The predicted octanol–water partition coefficient (Wildman–Crippen LogP) is 3.24. The first kappa shape index (κ1) is 12.9. The quantitative estimate of drug-likeness (QED) is 0.740. The molecule has 18 heavy (non-hydrogen) atoms. The average Bonchev–Trinajstić information content (AvgIpc) is 2.86. The average molecular weight is 378 g/mol. The zero-order valence-corrected chi connectivity index (χ0v) is 13.0. The molecule has 5 heteroatoms. The van der Waals surface area contributed by atoms with Crippen molar-refractivity contribution in [3.8, 4) is 5.75 Å². The van der Waals surface area contributed by atoms with Gasteiger partial charge in [0.2, 0.25) is 0 Å². The Labute approximate surface area is 123 Å². The fourth-order valence-corrected chi connectivity index (χ4v) is 3.55. The Balaban J connectivity index is 1.91. The molecule has 0 aliphatic carbocycles. The monoisotopic (exact) mass is 376 g/mol. The van der Waals surface area contributed by atoms with Gasteiger partial charge in [-0.3, -0.25) is 0 Å². The standard InChI is InChI=1S/C13H14Br2O3/c14-9-5-8-1-2-18-13(8)10(6-9)12(15)11-7-16-3-4-17-11/h5-6,11-12H,1-4,7H2. The van der Waals surface area contributed by atoms with Gasteiger partial charge < -0.3 is 14.2 Å². The lowest BCUT2D eigenvalue weighted by atomic mass is 10.0. The molecular weight excluding hydrogens is 364 g/mol. The minimum Gasteiger partial charge on any atom is -0.493 e. The van der Waals surface area contributed by atoms with Gasteiger partial charge in [-0.25, -0.2) is 0 Å². The number of hydrogen-bond donors (Lipinski definition) is 0. The van der Waals surface area contributed by atoms with E-state index >= 15 is 0 Å². The van der Waals surface area contributed by atoms with Gasteiger partial charge in [-0.2, -0.15) is 0 Å². The molecule has 2 atom stereocenters. The normalized spacial score (nSPS) is 24.4. The fourth-order valence-electron chi connectivity index (χ4n) is 2.38. The van der Waals surface area contributed by atoms with E-state index in [2.05, 4.69) is 44.0 Å². The number of halogens is 2. The Morgan fingerprint density at radius 3 is 2.89 bits per heavy atom. The zero-order chi connectivity index (χ0) is 12.5. The van der Waals surface area contributed by atoms with Crippen LogP contribution in [0.4, 0.5) is 0 Å². The third kappa shape index (κ3) is 2.46. The first-order valence-corrected chi connectivity index (χ1v) is 7.75. The van der Waals surface area contributed by atoms with Crippen LogP contribution in [0.1, 0.15) is 16.0 Å². The second-order valence-electron chi connectivity index (χ2n) is 4.47. The number of ether oxygens (including phenoxy) is 3. The minimum atomic E-state index is 0.0429. The highest BCUT2D eigenvalue weighted by molar-refractivity contribution is 9.10. The molecule has 3 nitrogen and oxygen atoms in total. The summed E-state index contributed by atoms with van der Waals surface area (Å²) in [7, 11) is 0. The summed E-state index contributed by atoms with van der Waals surface area (Å²) in [4.78, 5) is 0.0992. The summed E-state index contributed by atoms with van der Waals surface area (Å²) in [5.74, 6) is 1.01. The molecule has 2 heterocycles. The largest absolute Gasteiger partial charge is 0.493 e. The molecule has 1 aromatic rings. The van der Waals surface area contributed by atoms with Crippen LogP contribution in [0.2, 0.25) is 0 Å². The predicted molar refractivity (Wildman–Crippen MR) is 75.6 cm³/mol. The summed E-state index contributed by atoms with van der Waals surface area (Å²) >= 11 is 7.29. The lowest BCUT2D eigenvalue weighted by Gasteiger charge is -2.28. The van der Waals surface area contributed by atoms with Crippen LogP contribution in [0.15, 0.2) is 16.6 Å². The SMILES string of the molecule is Brc1cc2c(c(C(Br)C3COCCO3)c1)OCC2. The third-order valence-electron chi connectivity index (χ3n) is 3.24. The minimum absolute atomic E-state index is 0.0429. The van der Waals surface area contributed by atoms with Gasteiger partial charge in [-0.05, 0) is 17.7 Å². The molecule has 1 saturated heterocycles. The zero-order valence-electron chi connectivity index (χ0n) is 9.83. The van der Waals surface area contributed by atoms with E-state index in [-0.39, 0.29) is 10.9 Å². The van der Waals surface area contributed by atoms with Gasteiger partial charge in [0.05, 0.1) is 37.4 Å². The van der Waals surface area contributed by atoms with E-state index in [4.69, 9.17) is 14.2 Å². The van der Waals surface area contributed by atoms with Crippen LogP contribution in [0.3, 0.4) is 0 Å². The van der Waals surface area contributed by atoms with Crippen molar-refractivity contribution in [2.75, 3.05) is 26.4 Å². The van der Waals surface area contributed by atoms with Crippen molar-refractivity contribution in [1.82, 2.24) is 0 Å². The van der Waals surface area contributed by atoms with Crippen LogP contribution in [0.5, 0.6) is 5.75 Å². The van der Waals surface area contributed by atoms with E-state index in [1.165, 1.54) is 5.56 Å². The molecule has 98 valence electrons. The van der Waals surface area contributed by atoms with Crippen molar-refractivity contribution in [1.29, 1.82) is 0 Å². The van der Waals surface area contributed by atoms with Crippen LogP contribution in [-0.2, 0) is 15.9 Å². The molecule has 0 bridgehead atoms. The molecule has 2 aliphatic rings. The fraction of sp³-hybridized carbons (Fsp3) is 0.538. The molecule has 1 fully saturated rings. The second-order valence-corrected chi connectivity index (χ2v) is 6.37. The van der Waals surface area contributed by atoms with E-state index in [9.17, 15) is 0 Å². The van der Waals surface area contributed by atoms with Crippen LogP contribution in [-0.4, -0.2) is 32.5 Å². The van der Waals surface area contributed by atoms with Gasteiger partial charge in [-0.1, -0.05) is 31.9 Å². The van der Waals surface area contributed by atoms with Crippen LogP contribution < -0.4 is 4.74 Å². The van der Waals surface area contributed by atoms with Gasteiger partial charge in [-0.15, -0.1) is 0 Å². The smallest absolute Gasteiger partial charge is 0.127 e. The molecule has 0 saturated carbocycles. The maximum Gasteiger partial charge on any atom is 0.127 e. The van der Waals surface area contributed by atoms with Crippen LogP contribution in [0.25, 0.3) is 0 Å². The third-order valence-corrected chi connectivity index (χ3v) is 4.78. The highest BCUT2D eigenvalue weighted by atomic mass is 79.9. The molecule has 0 amide bonds. The summed E-state index contributed by atoms with van der Waals surface area (Å²) in [5.41, 5.74) is 2.41. The van der Waals surface area contributed by atoms with Gasteiger partial charge in [0.1, 0.15) is 5.75 Å². The van der Waals surface area contributed by atoms with Crippen molar-refractivity contribution in [3.05, 3.63) is 27.7 Å². The maximum atomic E-state index is 5.75. The molecular formula is C13H14Br2O3. The lowest BCUT2D eigenvalue weighted by Crippen LogP contribution is -2.31. The Bertz CT molecular complexity index is 444. The number of rotatable bonds is 2. The van der Waals surface area contributed by atoms with Gasteiger partial charge in [0.25, 0.3) is 0 Å². The van der Waals surface area contributed by atoms with E-state index in [0.29, 0.717) is 19.8 Å². The van der Waals surface area contributed by atoms with Crippen molar-refractivity contribution >= 4 is 31.9 Å². The number of hydrogen-bond acceptors (Lipinski definition) is 3. The Morgan fingerprint density at radius 2 is 2.11 bits per heavy atom. The van der Waals surface area contributed by atoms with Crippen LogP contribution >= 0.6 is 31.9 Å². The Morgan fingerprint density at radius 1 is 1.22 bits per heavy atom. The summed E-state index contributed by atoms with van der Waals surface area (Å²) in [6, 6.07) is 4.23. The van der Waals surface area contributed by atoms with E-state index in [0.717, 1.165) is 28.8 Å². The molecule has 0 aromatic heterocycles. The summed E-state index contributed by atoms with van der Waals surface area (Å²) in [5, 5.41) is 0. The first-order chi connectivity index (χ1) is 8.75. The van der Waals surface area contributed by atoms with E-state index in [1.54, 1.807) is 0 Å². The molecule has 3 rings (SSSR count). The number of benzene rings is 1. The van der Waals surface area contributed by atoms with Gasteiger partial charge >= 0.3 is 0 Å². The highest BCUT2D eigenvalue weighted by Crippen LogP contribution is 2.41. The lowest BCUT2D eigenvalue weighted by molar-refractivity contribution is -0.0877. The Kier molecular flexibility index (Phi) is 3.94. The first-order valence-electron chi connectivity index (χ1n) is 6.04. The molecule has 0 N–H and O–H groups in total. The molecule has 0 spiro atoms. The Hall–Kier alpha value is -0.100. The van der Waals surface area contributed by atoms with Gasteiger partial charge in [0.15, 0.2) is 0 Å². The van der Waals surface area contributed by atoms with E-state index < -0.39 is 0 Å². The van der Waals surface area contributed by atoms with Crippen LogP contribution in [0, 0.1) is 0 Å². The summed E-state index contributed by atoms with van der Waals surface area (Å²) < 4.78 is 18.1. The highest BCUT2D eigenvalue weighted by Gasteiger charge is 2.29.